The number of aromatic amines is 1. The van der Waals surface area contributed by atoms with Crippen molar-refractivity contribution >= 4 is 22.6 Å². The second kappa shape index (κ2) is 5.83. The molecule has 3 rings (SSSR count). The number of carbonyl (C=O) groups excluding carboxylic acids is 1. The lowest BCUT2D eigenvalue weighted by Gasteiger charge is -2.06. The summed E-state index contributed by atoms with van der Waals surface area (Å²) in [7, 11) is 0. The highest BCUT2D eigenvalue weighted by atomic mass is 16.1. The van der Waals surface area contributed by atoms with Gasteiger partial charge in [0.1, 0.15) is 0 Å². The fraction of sp³-hybridized carbons (Fsp3) is 0.375. The van der Waals surface area contributed by atoms with Gasteiger partial charge in [0, 0.05) is 23.3 Å². The number of fused-ring (bicyclic) bond motifs is 1. The number of nitrogens with one attached hydrogen (secondary N) is 2. The van der Waals surface area contributed by atoms with Gasteiger partial charge in [0.2, 0.25) is 0 Å². The SMILES string of the molecule is CCCn1nc(C)c(C(=O)Nc2cnc3n[nH]c(C)c3c2)c1C. The Hall–Kier alpha value is -2.70. The first-order valence-corrected chi connectivity index (χ1v) is 7.67. The molecule has 0 atom stereocenters. The zero-order valence-electron chi connectivity index (χ0n) is 13.8. The van der Waals surface area contributed by atoms with Crippen LogP contribution >= 0.6 is 0 Å². The zero-order valence-corrected chi connectivity index (χ0v) is 13.8. The van der Waals surface area contributed by atoms with Crippen LogP contribution in [0.1, 0.15) is 40.8 Å². The van der Waals surface area contributed by atoms with Crippen LogP contribution in [0.15, 0.2) is 12.3 Å². The van der Waals surface area contributed by atoms with E-state index in [4.69, 9.17) is 0 Å². The Kier molecular flexibility index (Phi) is 3.85. The fourth-order valence-corrected chi connectivity index (χ4v) is 2.74. The monoisotopic (exact) mass is 312 g/mol. The van der Waals surface area contributed by atoms with Gasteiger partial charge in [-0.15, -0.1) is 0 Å². The first-order chi connectivity index (χ1) is 11.0. The number of H-pyrrole nitrogens is 1. The van der Waals surface area contributed by atoms with Crippen molar-refractivity contribution in [2.75, 3.05) is 5.32 Å². The molecule has 7 heteroatoms. The fourth-order valence-electron chi connectivity index (χ4n) is 2.74. The van der Waals surface area contributed by atoms with Crippen molar-refractivity contribution in [3.63, 3.8) is 0 Å². The van der Waals surface area contributed by atoms with E-state index in [1.165, 1.54) is 0 Å². The number of hydrogen-bond acceptors (Lipinski definition) is 4. The standard InChI is InChI=1S/C16H20N6O/c1-5-6-22-11(4)14(10(3)21-22)16(23)18-12-7-13-9(2)19-20-15(13)17-8-12/h7-8H,5-6H2,1-4H3,(H,18,23)(H,17,19,20). The van der Waals surface area contributed by atoms with Crippen LogP contribution in [-0.4, -0.2) is 30.9 Å². The number of aromatic nitrogens is 5. The number of rotatable bonds is 4. The van der Waals surface area contributed by atoms with Gasteiger partial charge in [-0.25, -0.2) is 4.98 Å². The lowest BCUT2D eigenvalue weighted by molar-refractivity contribution is 0.102. The van der Waals surface area contributed by atoms with Crippen LogP contribution in [0, 0.1) is 20.8 Å². The van der Waals surface area contributed by atoms with Crippen molar-refractivity contribution in [3.05, 3.63) is 34.9 Å². The largest absolute Gasteiger partial charge is 0.320 e. The van der Waals surface area contributed by atoms with E-state index >= 15 is 0 Å². The van der Waals surface area contributed by atoms with E-state index in [1.54, 1.807) is 6.20 Å². The van der Waals surface area contributed by atoms with Gasteiger partial charge in [-0.05, 0) is 33.3 Å². The first-order valence-electron chi connectivity index (χ1n) is 7.67. The number of pyridine rings is 1. The van der Waals surface area contributed by atoms with Crippen molar-refractivity contribution in [1.82, 2.24) is 25.0 Å². The molecule has 7 nitrogen and oxygen atoms in total. The molecule has 0 radical (unpaired) electrons. The van der Waals surface area contributed by atoms with Gasteiger partial charge in [0.25, 0.3) is 5.91 Å². The molecular weight excluding hydrogens is 292 g/mol. The third-order valence-electron chi connectivity index (χ3n) is 3.90. The average Bonchev–Trinajstić information content (AvgIpc) is 3.00. The topological polar surface area (TPSA) is 88.5 Å². The lowest BCUT2D eigenvalue weighted by Crippen LogP contribution is -2.14. The van der Waals surface area contributed by atoms with Crippen molar-refractivity contribution < 1.29 is 4.79 Å². The number of hydrogen-bond donors (Lipinski definition) is 2. The maximum atomic E-state index is 12.6. The molecule has 0 saturated heterocycles. The van der Waals surface area contributed by atoms with E-state index in [9.17, 15) is 4.79 Å². The number of aryl methyl sites for hydroxylation is 3. The normalized spacial score (nSPS) is 11.1. The molecule has 0 aliphatic rings. The van der Waals surface area contributed by atoms with E-state index in [1.807, 2.05) is 31.5 Å². The molecule has 3 heterocycles. The van der Waals surface area contributed by atoms with Crippen molar-refractivity contribution in [3.8, 4) is 0 Å². The smallest absolute Gasteiger partial charge is 0.259 e. The number of anilines is 1. The molecule has 2 N–H and O–H groups in total. The third kappa shape index (κ3) is 2.69. The molecular formula is C16H20N6O. The summed E-state index contributed by atoms with van der Waals surface area (Å²) in [6.07, 6.45) is 2.59. The highest BCUT2D eigenvalue weighted by Crippen LogP contribution is 2.20. The van der Waals surface area contributed by atoms with E-state index in [0.29, 0.717) is 16.9 Å². The molecule has 3 aromatic heterocycles. The van der Waals surface area contributed by atoms with Crippen LogP contribution in [0.5, 0.6) is 0 Å². The second-order valence-corrected chi connectivity index (χ2v) is 5.67. The molecule has 0 fully saturated rings. The average molecular weight is 312 g/mol. The second-order valence-electron chi connectivity index (χ2n) is 5.67. The molecule has 0 unspecified atom stereocenters. The minimum atomic E-state index is -0.162. The van der Waals surface area contributed by atoms with Gasteiger partial charge < -0.3 is 5.32 Å². The van der Waals surface area contributed by atoms with Crippen LogP contribution < -0.4 is 5.32 Å². The van der Waals surface area contributed by atoms with Crippen LogP contribution in [-0.2, 0) is 6.54 Å². The van der Waals surface area contributed by atoms with Gasteiger partial charge in [0.05, 0.1) is 23.1 Å². The summed E-state index contributed by atoms with van der Waals surface area (Å²) in [6, 6.07) is 1.88. The van der Waals surface area contributed by atoms with E-state index in [2.05, 4.69) is 32.5 Å². The summed E-state index contributed by atoms with van der Waals surface area (Å²) in [5.41, 5.74) is 4.46. The predicted molar refractivity (Wildman–Crippen MR) is 88.6 cm³/mol. The van der Waals surface area contributed by atoms with Crippen LogP contribution in [0.3, 0.4) is 0 Å². The third-order valence-corrected chi connectivity index (χ3v) is 3.90. The van der Waals surface area contributed by atoms with E-state index in [0.717, 1.165) is 35.4 Å². The van der Waals surface area contributed by atoms with Crippen molar-refractivity contribution in [1.29, 1.82) is 0 Å². The van der Waals surface area contributed by atoms with Crippen LogP contribution in [0.25, 0.3) is 11.0 Å². The highest BCUT2D eigenvalue weighted by molar-refractivity contribution is 6.06. The highest BCUT2D eigenvalue weighted by Gasteiger charge is 2.19. The first kappa shape index (κ1) is 15.2. The molecule has 23 heavy (non-hydrogen) atoms. The van der Waals surface area contributed by atoms with Gasteiger partial charge >= 0.3 is 0 Å². The summed E-state index contributed by atoms with van der Waals surface area (Å²) < 4.78 is 1.88. The Labute approximate surface area is 134 Å². The maximum absolute atomic E-state index is 12.6. The number of nitrogens with zero attached hydrogens (tertiary/aromatic N) is 4. The quantitative estimate of drug-likeness (QED) is 0.775. The van der Waals surface area contributed by atoms with Gasteiger partial charge in [0.15, 0.2) is 5.65 Å². The molecule has 0 aromatic carbocycles. The van der Waals surface area contributed by atoms with Crippen molar-refractivity contribution in [2.45, 2.75) is 40.7 Å². The Balaban J connectivity index is 1.90. The maximum Gasteiger partial charge on any atom is 0.259 e. The van der Waals surface area contributed by atoms with Gasteiger partial charge in [-0.1, -0.05) is 6.92 Å². The molecule has 0 saturated carbocycles. The predicted octanol–water partition coefficient (Wildman–Crippen LogP) is 2.74. The van der Waals surface area contributed by atoms with Crippen molar-refractivity contribution in [2.24, 2.45) is 0 Å². The summed E-state index contributed by atoms with van der Waals surface area (Å²) in [5.74, 6) is -0.162. The zero-order chi connectivity index (χ0) is 16.6. The Morgan fingerprint density at radius 2 is 2.13 bits per heavy atom. The Morgan fingerprint density at radius 3 is 2.87 bits per heavy atom. The van der Waals surface area contributed by atoms with E-state index < -0.39 is 0 Å². The van der Waals surface area contributed by atoms with E-state index in [-0.39, 0.29) is 5.91 Å². The molecule has 0 spiro atoms. The van der Waals surface area contributed by atoms with Crippen LogP contribution in [0.2, 0.25) is 0 Å². The lowest BCUT2D eigenvalue weighted by atomic mass is 10.1. The summed E-state index contributed by atoms with van der Waals surface area (Å²) in [5, 5.41) is 15.2. The number of amides is 1. The van der Waals surface area contributed by atoms with Gasteiger partial charge in [-0.2, -0.15) is 10.2 Å². The Bertz CT molecular complexity index is 876. The summed E-state index contributed by atoms with van der Waals surface area (Å²) in [6.45, 7) is 8.60. The Morgan fingerprint density at radius 1 is 1.35 bits per heavy atom. The molecule has 0 aliphatic carbocycles. The number of carbonyl (C=O) groups is 1. The molecule has 120 valence electrons. The summed E-state index contributed by atoms with van der Waals surface area (Å²) in [4.78, 5) is 16.9. The molecule has 0 bridgehead atoms. The summed E-state index contributed by atoms with van der Waals surface area (Å²) >= 11 is 0. The minimum absolute atomic E-state index is 0.162. The molecule has 3 aromatic rings. The molecule has 0 aliphatic heterocycles. The molecule has 1 amide bonds. The minimum Gasteiger partial charge on any atom is -0.320 e. The van der Waals surface area contributed by atoms with Crippen LogP contribution in [0.4, 0.5) is 5.69 Å². The van der Waals surface area contributed by atoms with Gasteiger partial charge in [-0.3, -0.25) is 14.6 Å².